The fourth-order valence-electron chi connectivity index (χ4n) is 1.31. The Kier molecular flexibility index (Phi) is 6.07. The van der Waals surface area contributed by atoms with E-state index in [1.165, 1.54) is 0 Å². The molecule has 0 radical (unpaired) electrons. The second-order valence-corrected chi connectivity index (χ2v) is 4.55. The van der Waals surface area contributed by atoms with Crippen LogP contribution in [0.5, 0.6) is 0 Å². The maximum Gasteiger partial charge on any atom is 0.231 e. The summed E-state index contributed by atoms with van der Waals surface area (Å²) < 4.78 is 0. The Morgan fingerprint density at radius 1 is 1.39 bits per heavy atom. The summed E-state index contributed by atoms with van der Waals surface area (Å²) in [6.07, 6.45) is 1.29. The summed E-state index contributed by atoms with van der Waals surface area (Å²) in [6, 6.07) is 0. The van der Waals surface area contributed by atoms with Crippen LogP contribution in [0.15, 0.2) is 0 Å². The van der Waals surface area contributed by atoms with Gasteiger partial charge in [0.25, 0.3) is 0 Å². The van der Waals surface area contributed by atoms with Crippen molar-refractivity contribution < 1.29 is 5.11 Å². The highest BCUT2D eigenvalue weighted by atomic mass is 35.5. The molecule has 2 N–H and O–H groups in total. The van der Waals surface area contributed by atoms with Crippen molar-refractivity contribution in [2.24, 2.45) is 0 Å². The molecule has 0 aromatic carbocycles. The topological polar surface area (TPSA) is 74.2 Å². The van der Waals surface area contributed by atoms with Crippen LogP contribution < -0.4 is 10.2 Å². The molecule has 0 aliphatic rings. The van der Waals surface area contributed by atoms with Gasteiger partial charge in [0.15, 0.2) is 0 Å². The van der Waals surface area contributed by atoms with Gasteiger partial charge in [-0.15, -0.1) is 0 Å². The largest absolute Gasteiger partial charge is 0.393 e. The van der Waals surface area contributed by atoms with Gasteiger partial charge in [-0.2, -0.15) is 15.0 Å². The summed E-state index contributed by atoms with van der Waals surface area (Å²) in [6.45, 7) is 5.26. The molecular weight excluding hydrogens is 254 g/mol. The maximum absolute atomic E-state index is 9.26. The lowest BCUT2D eigenvalue weighted by molar-refractivity contribution is 0.186. The maximum atomic E-state index is 9.26. The molecule has 0 bridgehead atoms. The highest BCUT2D eigenvalue weighted by Gasteiger charge is 2.09. The molecule has 0 aliphatic heterocycles. The first-order valence-corrected chi connectivity index (χ1v) is 6.45. The molecule has 1 unspecified atom stereocenters. The normalized spacial score (nSPS) is 12.3. The van der Waals surface area contributed by atoms with Crippen molar-refractivity contribution in [3.8, 4) is 0 Å². The number of hydrogen-bond donors (Lipinski definition) is 2. The Morgan fingerprint density at radius 3 is 2.72 bits per heavy atom. The third-order valence-corrected chi connectivity index (χ3v) is 2.52. The van der Waals surface area contributed by atoms with Crippen LogP contribution >= 0.6 is 11.6 Å². The van der Waals surface area contributed by atoms with E-state index in [1.807, 2.05) is 11.9 Å². The second-order valence-electron chi connectivity index (χ2n) is 4.21. The quantitative estimate of drug-likeness (QED) is 0.785. The Bertz CT molecular complexity index is 374. The van der Waals surface area contributed by atoms with Crippen LogP contribution in [-0.2, 0) is 0 Å². The van der Waals surface area contributed by atoms with Crippen LogP contribution in [-0.4, -0.2) is 46.3 Å². The van der Waals surface area contributed by atoms with Gasteiger partial charge in [0.2, 0.25) is 17.2 Å². The number of aromatic nitrogens is 3. The van der Waals surface area contributed by atoms with Gasteiger partial charge in [-0.3, -0.25) is 0 Å². The first-order chi connectivity index (χ1) is 8.52. The minimum absolute atomic E-state index is 0.169. The van der Waals surface area contributed by atoms with Crippen molar-refractivity contribution in [1.82, 2.24) is 15.0 Å². The fraction of sp³-hybridized carbons (Fsp3) is 0.727. The molecule has 0 aliphatic carbocycles. The average Bonchev–Trinajstić information content (AvgIpc) is 2.32. The third kappa shape index (κ3) is 5.01. The van der Waals surface area contributed by atoms with Gasteiger partial charge in [-0.1, -0.05) is 6.92 Å². The van der Waals surface area contributed by atoms with Gasteiger partial charge in [-0.05, 0) is 31.4 Å². The van der Waals surface area contributed by atoms with E-state index in [0.717, 1.165) is 13.0 Å². The molecule has 0 amide bonds. The van der Waals surface area contributed by atoms with E-state index in [0.29, 0.717) is 24.9 Å². The van der Waals surface area contributed by atoms with E-state index in [-0.39, 0.29) is 11.4 Å². The van der Waals surface area contributed by atoms with Crippen molar-refractivity contribution in [3.63, 3.8) is 0 Å². The standard InChI is InChI=1S/C11H20ClN5O/c1-4-6-13-10-14-9(12)15-11(16-10)17(3)7-5-8(2)18/h8,18H,4-7H2,1-3H3,(H,13,14,15,16). The summed E-state index contributed by atoms with van der Waals surface area (Å²) in [7, 11) is 1.86. The van der Waals surface area contributed by atoms with Crippen LogP contribution in [0.1, 0.15) is 26.7 Å². The van der Waals surface area contributed by atoms with Crippen LogP contribution in [0.2, 0.25) is 5.28 Å². The molecule has 1 aromatic heterocycles. The number of nitrogens with one attached hydrogen (secondary N) is 1. The van der Waals surface area contributed by atoms with Crippen molar-refractivity contribution >= 4 is 23.5 Å². The summed E-state index contributed by atoms with van der Waals surface area (Å²) in [5.41, 5.74) is 0. The van der Waals surface area contributed by atoms with Crippen molar-refractivity contribution in [1.29, 1.82) is 0 Å². The molecule has 1 aromatic rings. The zero-order chi connectivity index (χ0) is 13.5. The zero-order valence-electron chi connectivity index (χ0n) is 11.0. The minimum atomic E-state index is -0.345. The highest BCUT2D eigenvalue weighted by Crippen LogP contribution is 2.13. The molecule has 0 spiro atoms. The van der Waals surface area contributed by atoms with E-state index < -0.39 is 0 Å². The van der Waals surface area contributed by atoms with Gasteiger partial charge >= 0.3 is 0 Å². The number of aliphatic hydroxyl groups excluding tert-OH is 1. The smallest absolute Gasteiger partial charge is 0.231 e. The summed E-state index contributed by atoms with van der Waals surface area (Å²) >= 11 is 5.86. The second kappa shape index (κ2) is 7.33. The third-order valence-electron chi connectivity index (χ3n) is 2.35. The van der Waals surface area contributed by atoms with E-state index in [2.05, 4.69) is 27.2 Å². The van der Waals surface area contributed by atoms with Crippen LogP contribution in [0, 0.1) is 0 Å². The van der Waals surface area contributed by atoms with Gasteiger partial charge in [0.05, 0.1) is 6.10 Å². The lowest BCUT2D eigenvalue weighted by Crippen LogP contribution is -2.24. The first-order valence-electron chi connectivity index (χ1n) is 6.07. The number of aliphatic hydroxyl groups is 1. The molecule has 0 saturated carbocycles. The molecule has 1 rings (SSSR count). The molecule has 102 valence electrons. The van der Waals surface area contributed by atoms with Gasteiger partial charge in [-0.25, -0.2) is 0 Å². The van der Waals surface area contributed by atoms with Crippen LogP contribution in [0.4, 0.5) is 11.9 Å². The summed E-state index contributed by atoms with van der Waals surface area (Å²) in [4.78, 5) is 14.2. The Balaban J connectivity index is 2.71. The first kappa shape index (κ1) is 14.9. The predicted molar refractivity (Wildman–Crippen MR) is 73.2 cm³/mol. The van der Waals surface area contributed by atoms with Crippen molar-refractivity contribution in [2.75, 3.05) is 30.4 Å². The molecule has 18 heavy (non-hydrogen) atoms. The van der Waals surface area contributed by atoms with E-state index >= 15 is 0 Å². The number of halogens is 1. The lowest BCUT2D eigenvalue weighted by Gasteiger charge is -2.18. The Labute approximate surface area is 112 Å². The summed E-state index contributed by atoms with van der Waals surface area (Å²) in [5, 5.41) is 12.5. The lowest BCUT2D eigenvalue weighted by atomic mass is 10.3. The molecule has 0 saturated heterocycles. The van der Waals surface area contributed by atoms with Crippen molar-refractivity contribution in [2.45, 2.75) is 32.8 Å². The van der Waals surface area contributed by atoms with Crippen LogP contribution in [0.25, 0.3) is 0 Å². The number of anilines is 2. The predicted octanol–water partition coefficient (Wildman–Crippen LogP) is 1.55. The van der Waals surface area contributed by atoms with E-state index in [1.54, 1.807) is 6.92 Å². The number of rotatable bonds is 7. The molecular formula is C11H20ClN5O. The molecule has 7 heteroatoms. The molecule has 1 atom stereocenters. The van der Waals surface area contributed by atoms with Crippen molar-refractivity contribution in [3.05, 3.63) is 5.28 Å². The van der Waals surface area contributed by atoms with Gasteiger partial charge in [0.1, 0.15) is 0 Å². The minimum Gasteiger partial charge on any atom is -0.393 e. The van der Waals surface area contributed by atoms with Gasteiger partial charge in [0, 0.05) is 20.1 Å². The number of nitrogens with zero attached hydrogens (tertiary/aromatic N) is 4. The van der Waals surface area contributed by atoms with Gasteiger partial charge < -0.3 is 15.3 Å². The van der Waals surface area contributed by atoms with E-state index in [9.17, 15) is 5.11 Å². The number of hydrogen-bond acceptors (Lipinski definition) is 6. The monoisotopic (exact) mass is 273 g/mol. The van der Waals surface area contributed by atoms with E-state index in [4.69, 9.17) is 11.6 Å². The molecule has 0 fully saturated rings. The Morgan fingerprint density at radius 2 is 2.11 bits per heavy atom. The molecule has 6 nitrogen and oxygen atoms in total. The summed E-state index contributed by atoms with van der Waals surface area (Å²) in [5.74, 6) is 0.991. The average molecular weight is 274 g/mol. The Hall–Kier alpha value is -1.14. The SMILES string of the molecule is CCCNc1nc(Cl)nc(N(C)CCC(C)O)n1. The fourth-order valence-corrected chi connectivity index (χ4v) is 1.46. The van der Waals surface area contributed by atoms with Crippen LogP contribution in [0.3, 0.4) is 0 Å². The molecule has 1 heterocycles. The highest BCUT2D eigenvalue weighted by molar-refractivity contribution is 6.28. The zero-order valence-corrected chi connectivity index (χ0v) is 11.8.